The molecule has 0 spiro atoms. The van der Waals surface area contributed by atoms with Crippen LogP contribution in [0.4, 0.5) is 0 Å². The maximum atomic E-state index is 12.7. The largest absolute Gasteiger partial charge is 0.369 e. The summed E-state index contributed by atoms with van der Waals surface area (Å²) in [6.07, 6.45) is 1.45. The third-order valence-electron chi connectivity index (χ3n) is 4.22. The van der Waals surface area contributed by atoms with Crippen molar-refractivity contribution < 1.29 is 9.59 Å². The minimum Gasteiger partial charge on any atom is -0.369 e. The Bertz CT molecular complexity index is 732. The number of likely N-dealkylation sites (tertiary alicyclic amines) is 1. The van der Waals surface area contributed by atoms with E-state index in [0.717, 1.165) is 5.56 Å². The Morgan fingerprint density at radius 2 is 1.96 bits per heavy atom. The van der Waals surface area contributed by atoms with Gasteiger partial charge < -0.3 is 10.6 Å². The topological polar surface area (TPSA) is 89.2 Å². The van der Waals surface area contributed by atoms with Crippen molar-refractivity contribution in [1.82, 2.24) is 15.1 Å². The van der Waals surface area contributed by atoms with E-state index < -0.39 is 0 Å². The molecule has 0 aliphatic carbocycles. The third kappa shape index (κ3) is 3.06. The normalized spacial score (nSPS) is 20.5. The van der Waals surface area contributed by atoms with Crippen LogP contribution in [0.1, 0.15) is 27.5 Å². The van der Waals surface area contributed by atoms with Gasteiger partial charge in [0.05, 0.1) is 23.4 Å². The van der Waals surface area contributed by atoms with Gasteiger partial charge in [-0.3, -0.25) is 9.59 Å². The van der Waals surface area contributed by atoms with Gasteiger partial charge in [0.2, 0.25) is 5.91 Å². The summed E-state index contributed by atoms with van der Waals surface area (Å²) in [7, 11) is 0. The maximum absolute atomic E-state index is 12.7. The number of primary amides is 1. The number of nitrogens with zero attached hydrogens (tertiary/aromatic N) is 3. The van der Waals surface area contributed by atoms with Gasteiger partial charge in [-0.1, -0.05) is 30.3 Å². The number of amides is 2. The lowest BCUT2D eigenvalue weighted by atomic mass is 9.89. The van der Waals surface area contributed by atoms with Crippen LogP contribution in [0.25, 0.3) is 0 Å². The van der Waals surface area contributed by atoms with Gasteiger partial charge in [-0.15, -0.1) is 0 Å². The van der Waals surface area contributed by atoms with Gasteiger partial charge in [-0.2, -0.15) is 10.2 Å². The summed E-state index contributed by atoms with van der Waals surface area (Å²) in [5, 5.41) is 7.68. The van der Waals surface area contributed by atoms with E-state index in [1.165, 1.54) is 6.20 Å². The number of benzene rings is 1. The molecule has 23 heavy (non-hydrogen) atoms. The van der Waals surface area contributed by atoms with E-state index in [1.54, 1.807) is 17.9 Å². The predicted octanol–water partition coefficient (Wildman–Crippen LogP) is 1.13. The molecule has 1 aliphatic heterocycles. The van der Waals surface area contributed by atoms with Crippen molar-refractivity contribution in [1.29, 1.82) is 0 Å². The van der Waals surface area contributed by atoms with Crippen molar-refractivity contribution in [2.24, 2.45) is 11.7 Å². The quantitative estimate of drug-likeness (QED) is 0.920. The van der Waals surface area contributed by atoms with Crippen LogP contribution in [0.5, 0.6) is 0 Å². The molecule has 2 N–H and O–H groups in total. The summed E-state index contributed by atoms with van der Waals surface area (Å²) < 4.78 is 0. The van der Waals surface area contributed by atoms with Crippen molar-refractivity contribution in [3.63, 3.8) is 0 Å². The van der Waals surface area contributed by atoms with E-state index >= 15 is 0 Å². The first-order valence-electron chi connectivity index (χ1n) is 7.49. The lowest BCUT2D eigenvalue weighted by Gasteiger charge is -2.16. The average molecular weight is 310 g/mol. The molecule has 3 rings (SSSR count). The zero-order valence-electron chi connectivity index (χ0n) is 12.8. The molecule has 0 bridgehead atoms. The van der Waals surface area contributed by atoms with E-state index in [1.807, 2.05) is 30.3 Å². The van der Waals surface area contributed by atoms with Crippen molar-refractivity contribution in [2.45, 2.75) is 12.8 Å². The molecule has 2 aromatic rings. The number of hydrogen-bond donors (Lipinski definition) is 1. The Morgan fingerprint density at radius 3 is 2.61 bits per heavy atom. The molecule has 0 unspecified atom stereocenters. The summed E-state index contributed by atoms with van der Waals surface area (Å²) in [5.74, 6) is -0.975. The zero-order chi connectivity index (χ0) is 16.4. The van der Waals surface area contributed by atoms with E-state index in [0.29, 0.717) is 24.3 Å². The Morgan fingerprint density at radius 1 is 1.22 bits per heavy atom. The predicted molar refractivity (Wildman–Crippen MR) is 84.5 cm³/mol. The molecule has 1 aliphatic rings. The second-order valence-corrected chi connectivity index (χ2v) is 5.82. The van der Waals surface area contributed by atoms with Crippen LogP contribution in [0, 0.1) is 12.8 Å². The molecule has 2 atom stereocenters. The molecular formula is C17H18N4O2. The molecular weight excluding hydrogens is 292 g/mol. The van der Waals surface area contributed by atoms with Crippen LogP contribution in [-0.4, -0.2) is 40.0 Å². The second-order valence-electron chi connectivity index (χ2n) is 5.82. The van der Waals surface area contributed by atoms with E-state index in [2.05, 4.69) is 10.2 Å². The Kier molecular flexibility index (Phi) is 4.06. The molecule has 2 amide bonds. The third-order valence-corrected chi connectivity index (χ3v) is 4.22. The molecule has 1 aromatic carbocycles. The summed E-state index contributed by atoms with van der Waals surface area (Å²) in [4.78, 5) is 26.1. The molecule has 2 heterocycles. The fourth-order valence-electron chi connectivity index (χ4n) is 3.07. The fourth-order valence-corrected chi connectivity index (χ4v) is 3.07. The lowest BCUT2D eigenvalue weighted by molar-refractivity contribution is -0.121. The summed E-state index contributed by atoms with van der Waals surface area (Å²) in [5.41, 5.74) is 7.74. The first kappa shape index (κ1) is 15.1. The SMILES string of the molecule is Cc1cc(C(=O)N2C[C@H](C(N)=O)[C@@H](c3ccccc3)C2)cnn1. The lowest BCUT2D eigenvalue weighted by Crippen LogP contribution is -2.32. The van der Waals surface area contributed by atoms with E-state index in [9.17, 15) is 9.59 Å². The Hall–Kier alpha value is -2.76. The van der Waals surface area contributed by atoms with Gasteiger partial charge in [-0.05, 0) is 18.6 Å². The van der Waals surface area contributed by atoms with Gasteiger partial charge in [0, 0.05) is 19.0 Å². The highest BCUT2D eigenvalue weighted by Gasteiger charge is 2.39. The van der Waals surface area contributed by atoms with Crippen molar-refractivity contribution in [3.8, 4) is 0 Å². The van der Waals surface area contributed by atoms with E-state index in [-0.39, 0.29) is 23.7 Å². The Balaban J connectivity index is 1.86. The molecule has 118 valence electrons. The van der Waals surface area contributed by atoms with Crippen LogP contribution in [-0.2, 0) is 4.79 Å². The molecule has 0 radical (unpaired) electrons. The molecule has 6 nitrogen and oxygen atoms in total. The van der Waals surface area contributed by atoms with Crippen LogP contribution in [0.3, 0.4) is 0 Å². The minimum absolute atomic E-state index is 0.0754. The maximum Gasteiger partial charge on any atom is 0.255 e. The average Bonchev–Trinajstić information content (AvgIpc) is 3.00. The van der Waals surface area contributed by atoms with E-state index in [4.69, 9.17) is 5.73 Å². The monoisotopic (exact) mass is 310 g/mol. The number of carbonyl (C=O) groups is 2. The number of aromatic nitrogens is 2. The number of aryl methyl sites for hydroxylation is 1. The number of carbonyl (C=O) groups excluding carboxylic acids is 2. The fraction of sp³-hybridized carbons (Fsp3) is 0.294. The highest BCUT2D eigenvalue weighted by molar-refractivity contribution is 5.95. The number of nitrogens with two attached hydrogens (primary N) is 1. The smallest absolute Gasteiger partial charge is 0.255 e. The van der Waals surface area contributed by atoms with Crippen LogP contribution >= 0.6 is 0 Å². The van der Waals surface area contributed by atoms with Crippen molar-refractivity contribution in [3.05, 3.63) is 59.4 Å². The summed E-state index contributed by atoms with van der Waals surface area (Å²) in [6.45, 7) is 2.58. The van der Waals surface area contributed by atoms with Gasteiger partial charge in [0.1, 0.15) is 0 Å². The molecule has 0 saturated carbocycles. The standard InChI is InChI=1S/C17H18N4O2/c1-11-7-13(8-19-20-11)17(23)21-9-14(15(10-21)16(18)22)12-5-3-2-4-6-12/h2-8,14-15H,9-10H2,1H3,(H2,18,22)/t14-,15+/m1/s1. The number of hydrogen-bond acceptors (Lipinski definition) is 4. The summed E-state index contributed by atoms with van der Waals surface area (Å²) in [6, 6.07) is 11.4. The summed E-state index contributed by atoms with van der Waals surface area (Å²) >= 11 is 0. The first-order chi connectivity index (χ1) is 11.1. The molecule has 1 fully saturated rings. The first-order valence-corrected chi connectivity index (χ1v) is 7.49. The van der Waals surface area contributed by atoms with Crippen LogP contribution in [0.2, 0.25) is 0 Å². The molecule has 1 aromatic heterocycles. The van der Waals surface area contributed by atoms with Crippen molar-refractivity contribution >= 4 is 11.8 Å². The van der Waals surface area contributed by atoms with Crippen LogP contribution < -0.4 is 5.73 Å². The van der Waals surface area contributed by atoms with Crippen molar-refractivity contribution in [2.75, 3.05) is 13.1 Å². The number of rotatable bonds is 3. The second kappa shape index (κ2) is 6.16. The minimum atomic E-state index is -0.378. The molecule has 6 heteroatoms. The zero-order valence-corrected chi connectivity index (χ0v) is 12.8. The highest BCUT2D eigenvalue weighted by atomic mass is 16.2. The van der Waals surface area contributed by atoms with Gasteiger partial charge >= 0.3 is 0 Å². The highest BCUT2D eigenvalue weighted by Crippen LogP contribution is 2.33. The molecule has 1 saturated heterocycles. The van der Waals surface area contributed by atoms with Gasteiger partial charge in [-0.25, -0.2) is 0 Å². The van der Waals surface area contributed by atoms with Gasteiger partial charge in [0.25, 0.3) is 5.91 Å². The van der Waals surface area contributed by atoms with Gasteiger partial charge in [0.15, 0.2) is 0 Å². The van der Waals surface area contributed by atoms with Crippen LogP contribution in [0.15, 0.2) is 42.6 Å². The Labute approximate surface area is 134 Å².